The van der Waals surface area contributed by atoms with E-state index in [4.69, 9.17) is 0 Å². The molecule has 108 valence electrons. The largest absolute Gasteiger partial charge is 0.338 e. The molecular weight excluding hydrogens is 270 g/mol. The molecular formula is C15H21N3OS. The lowest BCUT2D eigenvalue weighted by Gasteiger charge is -2.11. The number of aromatic nitrogens is 2. The van der Waals surface area contributed by atoms with Crippen LogP contribution >= 0.6 is 0 Å². The Labute approximate surface area is 122 Å². The Morgan fingerprint density at radius 2 is 2.05 bits per heavy atom. The van der Waals surface area contributed by atoms with Crippen molar-refractivity contribution in [2.45, 2.75) is 31.3 Å². The van der Waals surface area contributed by atoms with Crippen molar-refractivity contribution in [3.8, 4) is 0 Å². The number of benzene rings is 1. The average Bonchev–Trinajstić information content (AvgIpc) is 2.94. The maximum Gasteiger partial charge on any atom is 0.196 e. The van der Waals surface area contributed by atoms with E-state index in [0.29, 0.717) is 16.8 Å². The molecule has 1 unspecified atom stereocenters. The summed E-state index contributed by atoms with van der Waals surface area (Å²) in [4.78, 5) is 6.96. The average molecular weight is 291 g/mol. The van der Waals surface area contributed by atoms with Crippen LogP contribution in [-0.2, 0) is 23.1 Å². The summed E-state index contributed by atoms with van der Waals surface area (Å²) in [5, 5.41) is 3.96. The lowest BCUT2D eigenvalue weighted by Crippen LogP contribution is -2.20. The van der Waals surface area contributed by atoms with Crippen molar-refractivity contribution < 1.29 is 4.21 Å². The SMILES string of the molecule is CC(C)CNCc1ccccc1CS(=O)c1ncc[nH]1. The molecule has 0 bridgehead atoms. The van der Waals surface area contributed by atoms with Crippen molar-refractivity contribution in [3.05, 3.63) is 47.8 Å². The number of nitrogens with one attached hydrogen (secondary N) is 2. The Bertz CT molecular complexity index is 552. The molecule has 0 saturated carbocycles. The third kappa shape index (κ3) is 4.28. The van der Waals surface area contributed by atoms with E-state index in [1.165, 1.54) is 5.56 Å². The number of hydrogen-bond donors (Lipinski definition) is 2. The van der Waals surface area contributed by atoms with Gasteiger partial charge < -0.3 is 10.3 Å². The van der Waals surface area contributed by atoms with Crippen LogP contribution in [0.2, 0.25) is 0 Å². The zero-order chi connectivity index (χ0) is 14.4. The first kappa shape index (κ1) is 14.9. The lowest BCUT2D eigenvalue weighted by molar-refractivity contribution is 0.551. The van der Waals surface area contributed by atoms with Gasteiger partial charge in [-0.25, -0.2) is 4.98 Å². The number of imidazole rings is 1. The summed E-state index contributed by atoms with van der Waals surface area (Å²) in [5.74, 6) is 1.12. The van der Waals surface area contributed by atoms with Gasteiger partial charge in [-0.15, -0.1) is 0 Å². The van der Waals surface area contributed by atoms with E-state index in [1.54, 1.807) is 12.4 Å². The van der Waals surface area contributed by atoms with Crippen LogP contribution in [0.3, 0.4) is 0 Å². The van der Waals surface area contributed by atoms with E-state index in [2.05, 4.69) is 35.2 Å². The minimum absolute atomic E-state index is 0.493. The number of hydrogen-bond acceptors (Lipinski definition) is 3. The minimum Gasteiger partial charge on any atom is -0.338 e. The van der Waals surface area contributed by atoms with E-state index in [-0.39, 0.29) is 0 Å². The van der Waals surface area contributed by atoms with Gasteiger partial charge in [0.05, 0.1) is 16.6 Å². The Morgan fingerprint density at radius 1 is 1.30 bits per heavy atom. The van der Waals surface area contributed by atoms with Crippen molar-refractivity contribution in [1.82, 2.24) is 15.3 Å². The Hall–Kier alpha value is -1.46. The third-order valence-electron chi connectivity index (χ3n) is 2.96. The zero-order valence-corrected chi connectivity index (χ0v) is 12.7. The molecule has 0 spiro atoms. The Kier molecular flexibility index (Phi) is 5.49. The second-order valence-corrected chi connectivity index (χ2v) is 6.54. The van der Waals surface area contributed by atoms with E-state index in [9.17, 15) is 4.21 Å². The number of nitrogens with zero attached hydrogens (tertiary/aromatic N) is 1. The molecule has 1 aromatic carbocycles. The van der Waals surface area contributed by atoms with Crippen LogP contribution < -0.4 is 5.32 Å². The molecule has 2 N–H and O–H groups in total. The van der Waals surface area contributed by atoms with Gasteiger partial charge in [0.1, 0.15) is 0 Å². The summed E-state index contributed by atoms with van der Waals surface area (Å²) in [6.45, 7) is 6.16. The van der Waals surface area contributed by atoms with Crippen LogP contribution in [0.1, 0.15) is 25.0 Å². The molecule has 0 aliphatic rings. The second-order valence-electron chi connectivity index (χ2n) is 5.18. The summed E-state index contributed by atoms with van der Waals surface area (Å²) in [6.07, 6.45) is 3.33. The van der Waals surface area contributed by atoms with Crippen LogP contribution in [0.4, 0.5) is 0 Å². The summed E-state index contributed by atoms with van der Waals surface area (Å²) in [6, 6.07) is 8.13. The lowest BCUT2D eigenvalue weighted by atomic mass is 10.1. The van der Waals surface area contributed by atoms with Gasteiger partial charge >= 0.3 is 0 Å². The molecule has 0 saturated heterocycles. The highest BCUT2D eigenvalue weighted by Crippen LogP contribution is 2.14. The topological polar surface area (TPSA) is 57.8 Å². The van der Waals surface area contributed by atoms with Crippen molar-refractivity contribution >= 4 is 10.8 Å². The molecule has 0 aliphatic carbocycles. The van der Waals surface area contributed by atoms with E-state index >= 15 is 0 Å². The normalized spacial score (nSPS) is 12.8. The van der Waals surface area contributed by atoms with Gasteiger partial charge in [0.15, 0.2) is 5.16 Å². The predicted molar refractivity (Wildman–Crippen MR) is 81.7 cm³/mol. The molecule has 1 atom stereocenters. The first-order chi connectivity index (χ1) is 9.66. The standard InChI is InChI=1S/C15H21N3OS/c1-12(2)9-16-10-13-5-3-4-6-14(13)11-20(19)15-17-7-8-18-15/h3-8,12,16H,9-11H2,1-2H3,(H,17,18). The summed E-state index contributed by atoms with van der Waals surface area (Å²) in [5.41, 5.74) is 2.31. The molecule has 0 radical (unpaired) electrons. The molecule has 0 amide bonds. The number of aromatic amines is 1. The molecule has 1 aromatic heterocycles. The van der Waals surface area contributed by atoms with Crippen molar-refractivity contribution in [2.24, 2.45) is 5.92 Å². The van der Waals surface area contributed by atoms with Crippen molar-refractivity contribution in [3.63, 3.8) is 0 Å². The smallest absolute Gasteiger partial charge is 0.196 e. The van der Waals surface area contributed by atoms with Gasteiger partial charge in [0.2, 0.25) is 0 Å². The van der Waals surface area contributed by atoms with Crippen LogP contribution in [0, 0.1) is 5.92 Å². The Balaban J connectivity index is 2.02. The minimum atomic E-state index is -1.12. The highest BCUT2D eigenvalue weighted by Gasteiger charge is 2.10. The van der Waals surface area contributed by atoms with Crippen LogP contribution in [0.5, 0.6) is 0 Å². The number of H-pyrrole nitrogens is 1. The van der Waals surface area contributed by atoms with E-state index in [0.717, 1.165) is 18.7 Å². The quantitative estimate of drug-likeness (QED) is 0.824. The zero-order valence-electron chi connectivity index (χ0n) is 11.9. The second kappa shape index (κ2) is 7.36. The van der Waals surface area contributed by atoms with Gasteiger partial charge in [-0.1, -0.05) is 38.1 Å². The highest BCUT2D eigenvalue weighted by molar-refractivity contribution is 7.84. The molecule has 20 heavy (non-hydrogen) atoms. The van der Waals surface area contributed by atoms with E-state index in [1.807, 2.05) is 18.2 Å². The molecule has 5 heteroatoms. The monoisotopic (exact) mass is 291 g/mol. The Morgan fingerprint density at radius 3 is 2.70 bits per heavy atom. The van der Waals surface area contributed by atoms with Gasteiger partial charge in [-0.2, -0.15) is 0 Å². The van der Waals surface area contributed by atoms with Crippen LogP contribution in [-0.4, -0.2) is 20.7 Å². The molecule has 4 nitrogen and oxygen atoms in total. The summed E-state index contributed by atoms with van der Waals surface area (Å²) >= 11 is 0. The van der Waals surface area contributed by atoms with Gasteiger partial charge in [-0.3, -0.25) is 4.21 Å². The molecule has 2 aromatic rings. The fraction of sp³-hybridized carbons (Fsp3) is 0.400. The van der Waals surface area contributed by atoms with Crippen LogP contribution in [0.25, 0.3) is 0 Å². The summed E-state index contributed by atoms with van der Waals surface area (Å²) < 4.78 is 12.2. The predicted octanol–water partition coefficient (Wildman–Crippen LogP) is 2.46. The molecule has 0 aliphatic heterocycles. The summed E-state index contributed by atoms with van der Waals surface area (Å²) in [7, 11) is -1.12. The maximum atomic E-state index is 12.2. The van der Waals surface area contributed by atoms with Gasteiger partial charge in [-0.05, 0) is 23.6 Å². The molecule has 2 rings (SSSR count). The fourth-order valence-electron chi connectivity index (χ4n) is 1.95. The van der Waals surface area contributed by atoms with Gasteiger partial charge in [0, 0.05) is 18.9 Å². The first-order valence-electron chi connectivity index (χ1n) is 6.82. The first-order valence-corrected chi connectivity index (χ1v) is 8.14. The molecule has 0 fully saturated rings. The van der Waals surface area contributed by atoms with E-state index < -0.39 is 10.8 Å². The van der Waals surface area contributed by atoms with Crippen LogP contribution in [0.15, 0.2) is 41.8 Å². The third-order valence-corrected chi connectivity index (χ3v) is 4.19. The highest BCUT2D eigenvalue weighted by atomic mass is 32.2. The van der Waals surface area contributed by atoms with Gasteiger partial charge in [0.25, 0.3) is 0 Å². The fourth-order valence-corrected chi connectivity index (χ4v) is 3.03. The van der Waals surface area contributed by atoms with Crippen molar-refractivity contribution in [1.29, 1.82) is 0 Å². The molecule has 1 heterocycles. The number of rotatable bonds is 7. The van der Waals surface area contributed by atoms with Crippen molar-refractivity contribution in [2.75, 3.05) is 6.54 Å². The maximum absolute atomic E-state index is 12.2.